The van der Waals surface area contributed by atoms with Crippen molar-refractivity contribution in [2.24, 2.45) is 0 Å². The van der Waals surface area contributed by atoms with E-state index in [0.29, 0.717) is 6.61 Å². The Bertz CT molecular complexity index is 325. The summed E-state index contributed by atoms with van der Waals surface area (Å²) in [5.41, 5.74) is 0. The van der Waals surface area contributed by atoms with E-state index in [1.807, 2.05) is 6.92 Å². The average Bonchev–Trinajstić information content (AvgIpc) is 2.44. The first kappa shape index (κ1) is 22.3. The second kappa shape index (κ2) is 11.7. The van der Waals surface area contributed by atoms with E-state index in [1.54, 1.807) is 27.7 Å². The topological polar surface area (TPSA) is 80.3 Å². The molecular formula is C13H30O7P2. The van der Waals surface area contributed by atoms with E-state index < -0.39 is 20.6 Å². The molecule has 7 nitrogen and oxygen atoms in total. The molecule has 0 N–H and O–H groups in total. The summed E-state index contributed by atoms with van der Waals surface area (Å²) in [5.74, 6) is 0. The maximum Gasteiger partial charge on any atom is 0.348 e. The molecule has 0 saturated carbocycles. The molecule has 0 radical (unpaired) electrons. The minimum Gasteiger partial charge on any atom is -0.380 e. The Kier molecular flexibility index (Phi) is 11.9. The van der Waals surface area contributed by atoms with Gasteiger partial charge in [-0.05, 0) is 34.1 Å². The van der Waals surface area contributed by atoms with Gasteiger partial charge in [-0.3, -0.25) is 9.13 Å². The SMILES string of the molecule is CCCOCC(P(=O)(OCC)OCC)P(=O)(OCC)OCC. The lowest BCUT2D eigenvalue weighted by molar-refractivity contribution is 0.121. The van der Waals surface area contributed by atoms with Crippen LogP contribution in [-0.2, 0) is 32.0 Å². The van der Waals surface area contributed by atoms with E-state index in [0.717, 1.165) is 6.42 Å². The van der Waals surface area contributed by atoms with Gasteiger partial charge in [0.25, 0.3) is 0 Å². The van der Waals surface area contributed by atoms with Crippen LogP contribution in [0.2, 0.25) is 0 Å². The zero-order chi connectivity index (χ0) is 17.1. The van der Waals surface area contributed by atoms with Crippen molar-refractivity contribution in [3.63, 3.8) is 0 Å². The van der Waals surface area contributed by atoms with Crippen molar-refractivity contribution in [3.8, 4) is 0 Å². The first-order valence-corrected chi connectivity index (χ1v) is 11.0. The second-order valence-corrected chi connectivity index (χ2v) is 9.15. The first-order chi connectivity index (χ1) is 10.4. The van der Waals surface area contributed by atoms with Crippen LogP contribution >= 0.6 is 15.2 Å². The van der Waals surface area contributed by atoms with Crippen LogP contribution in [-0.4, -0.2) is 45.0 Å². The monoisotopic (exact) mass is 360 g/mol. The molecule has 0 saturated heterocycles. The molecule has 9 heteroatoms. The van der Waals surface area contributed by atoms with E-state index in [1.165, 1.54) is 0 Å². The zero-order valence-electron chi connectivity index (χ0n) is 14.3. The van der Waals surface area contributed by atoms with E-state index in [-0.39, 0.29) is 33.0 Å². The highest BCUT2D eigenvalue weighted by molar-refractivity contribution is 7.72. The summed E-state index contributed by atoms with van der Waals surface area (Å²) in [4.78, 5) is 0. The van der Waals surface area contributed by atoms with Crippen LogP contribution in [0.25, 0.3) is 0 Å². The average molecular weight is 360 g/mol. The Hall–Kier alpha value is 0.260. The molecule has 0 aliphatic carbocycles. The van der Waals surface area contributed by atoms with Gasteiger partial charge in [-0.15, -0.1) is 0 Å². The molecule has 0 bridgehead atoms. The van der Waals surface area contributed by atoms with Gasteiger partial charge in [-0.1, -0.05) is 6.92 Å². The normalized spacial score (nSPS) is 13.0. The van der Waals surface area contributed by atoms with Crippen molar-refractivity contribution >= 4 is 15.2 Å². The Balaban J connectivity index is 5.54. The van der Waals surface area contributed by atoms with Crippen molar-refractivity contribution in [2.75, 3.05) is 39.6 Å². The van der Waals surface area contributed by atoms with Crippen LogP contribution in [0.3, 0.4) is 0 Å². The lowest BCUT2D eigenvalue weighted by Gasteiger charge is -2.31. The van der Waals surface area contributed by atoms with Crippen LogP contribution < -0.4 is 0 Å². The van der Waals surface area contributed by atoms with Gasteiger partial charge in [0.1, 0.15) is 0 Å². The number of hydrogen-bond acceptors (Lipinski definition) is 7. The fourth-order valence-electron chi connectivity index (χ4n) is 1.83. The van der Waals surface area contributed by atoms with Crippen LogP contribution in [0.5, 0.6) is 0 Å². The Morgan fingerprint density at radius 1 is 0.727 bits per heavy atom. The van der Waals surface area contributed by atoms with E-state index in [2.05, 4.69) is 0 Å². The van der Waals surface area contributed by atoms with Gasteiger partial charge < -0.3 is 22.8 Å². The Morgan fingerprint density at radius 3 is 1.36 bits per heavy atom. The summed E-state index contributed by atoms with van der Waals surface area (Å²) in [6, 6.07) is 0. The summed E-state index contributed by atoms with van der Waals surface area (Å²) in [6.07, 6.45) is 0.786. The lowest BCUT2D eigenvalue weighted by atomic mass is 10.5. The highest BCUT2D eigenvalue weighted by Crippen LogP contribution is 2.70. The molecule has 134 valence electrons. The summed E-state index contributed by atoms with van der Waals surface area (Å²) in [5, 5.41) is -1.09. The van der Waals surface area contributed by atoms with E-state index in [9.17, 15) is 9.13 Å². The summed E-state index contributed by atoms with van der Waals surface area (Å²) in [6.45, 7) is 9.78. The quantitative estimate of drug-likeness (QED) is 0.338. The Morgan fingerprint density at radius 2 is 1.09 bits per heavy atom. The molecule has 0 spiro atoms. The van der Waals surface area contributed by atoms with Gasteiger partial charge in [0, 0.05) is 6.61 Å². The summed E-state index contributed by atoms with van der Waals surface area (Å²) < 4.78 is 52.8. The van der Waals surface area contributed by atoms with Gasteiger partial charge in [0.05, 0.1) is 33.0 Å². The predicted molar refractivity (Wildman–Crippen MR) is 86.6 cm³/mol. The van der Waals surface area contributed by atoms with Gasteiger partial charge in [0.15, 0.2) is 5.40 Å². The molecule has 0 amide bonds. The van der Waals surface area contributed by atoms with Crippen molar-refractivity contribution in [1.29, 1.82) is 0 Å². The molecule has 0 aromatic heterocycles. The van der Waals surface area contributed by atoms with Crippen LogP contribution in [0.1, 0.15) is 41.0 Å². The fourth-order valence-corrected chi connectivity index (χ4v) is 6.87. The number of ether oxygens (including phenoxy) is 1. The maximum absolute atomic E-state index is 13.0. The largest absolute Gasteiger partial charge is 0.380 e. The first-order valence-electron chi connectivity index (χ1n) is 7.79. The lowest BCUT2D eigenvalue weighted by Crippen LogP contribution is -2.23. The molecule has 0 aromatic carbocycles. The van der Waals surface area contributed by atoms with E-state index >= 15 is 0 Å². The molecule has 0 rings (SSSR count). The second-order valence-electron chi connectivity index (χ2n) is 4.31. The van der Waals surface area contributed by atoms with Gasteiger partial charge in [0.2, 0.25) is 0 Å². The summed E-state index contributed by atoms with van der Waals surface area (Å²) >= 11 is 0. The third kappa shape index (κ3) is 6.79. The van der Waals surface area contributed by atoms with Crippen molar-refractivity contribution in [3.05, 3.63) is 0 Å². The maximum atomic E-state index is 13.0. The number of rotatable bonds is 14. The fraction of sp³-hybridized carbons (Fsp3) is 1.00. The van der Waals surface area contributed by atoms with Gasteiger partial charge in [-0.2, -0.15) is 0 Å². The van der Waals surface area contributed by atoms with Crippen molar-refractivity contribution in [2.45, 2.75) is 46.4 Å². The third-order valence-electron chi connectivity index (χ3n) is 2.58. The Labute approximate surface area is 134 Å². The highest BCUT2D eigenvalue weighted by Gasteiger charge is 2.51. The van der Waals surface area contributed by atoms with Crippen LogP contribution in [0.4, 0.5) is 0 Å². The predicted octanol–water partition coefficient (Wildman–Crippen LogP) is 4.27. The number of hydrogen-bond donors (Lipinski definition) is 0. The molecule has 0 fully saturated rings. The minimum absolute atomic E-state index is 0.0671. The minimum atomic E-state index is -3.69. The van der Waals surface area contributed by atoms with Crippen LogP contribution in [0, 0.1) is 0 Å². The molecule has 0 aromatic rings. The molecular weight excluding hydrogens is 330 g/mol. The van der Waals surface area contributed by atoms with Gasteiger partial charge in [-0.25, -0.2) is 0 Å². The molecule has 0 aliphatic rings. The van der Waals surface area contributed by atoms with Gasteiger partial charge >= 0.3 is 15.2 Å². The standard InChI is InChI=1S/C13H30O7P2/c1-6-11-16-12-13(21(14,17-7-2)18-8-3)22(15,19-9-4)20-10-5/h13H,6-12H2,1-5H3. The molecule has 0 aliphatic heterocycles. The molecule has 0 heterocycles. The zero-order valence-corrected chi connectivity index (χ0v) is 16.1. The highest BCUT2D eigenvalue weighted by atomic mass is 31.2. The van der Waals surface area contributed by atoms with Crippen LogP contribution in [0.15, 0.2) is 0 Å². The smallest absolute Gasteiger partial charge is 0.348 e. The molecule has 0 unspecified atom stereocenters. The third-order valence-corrected chi connectivity index (χ3v) is 8.51. The summed E-state index contributed by atoms with van der Waals surface area (Å²) in [7, 11) is -7.38. The molecule has 22 heavy (non-hydrogen) atoms. The van der Waals surface area contributed by atoms with E-state index in [4.69, 9.17) is 22.8 Å². The van der Waals surface area contributed by atoms with Crippen molar-refractivity contribution < 1.29 is 32.0 Å². The molecule has 0 atom stereocenters. The van der Waals surface area contributed by atoms with Crippen molar-refractivity contribution in [1.82, 2.24) is 0 Å².